The Kier molecular flexibility index (Phi) is 5.41. The lowest BCUT2D eigenvalue weighted by atomic mass is 10.3. The molecule has 2 heterocycles. The molecule has 0 radical (unpaired) electrons. The summed E-state index contributed by atoms with van der Waals surface area (Å²) in [6.07, 6.45) is 0.978. The molecule has 7 nitrogen and oxygen atoms in total. The highest BCUT2D eigenvalue weighted by Crippen LogP contribution is 2.29. The van der Waals surface area contributed by atoms with Crippen LogP contribution in [-0.4, -0.2) is 57.6 Å². The van der Waals surface area contributed by atoms with Crippen molar-refractivity contribution in [2.45, 2.75) is 23.8 Å². The van der Waals surface area contributed by atoms with Crippen molar-refractivity contribution in [3.63, 3.8) is 0 Å². The Balaban J connectivity index is 1.79. The predicted octanol–water partition coefficient (Wildman–Crippen LogP) is 1.48. The molecule has 0 saturated carbocycles. The molecule has 1 aromatic rings. The van der Waals surface area contributed by atoms with E-state index in [4.69, 9.17) is 21.1 Å². The number of hydrogen-bond donors (Lipinski definition) is 1. The highest BCUT2D eigenvalue weighted by atomic mass is 35.5. The summed E-state index contributed by atoms with van der Waals surface area (Å²) >= 11 is 6.08. The van der Waals surface area contributed by atoms with Crippen LogP contribution < -0.4 is 5.32 Å². The minimum absolute atomic E-state index is 0.00433. The monoisotopic (exact) mass is 374 g/mol. The average Bonchev–Trinajstić information content (AvgIpc) is 3.12. The maximum Gasteiger partial charge on any atom is 0.255 e. The molecule has 1 amide bonds. The Hall–Kier alpha value is -1.19. The van der Waals surface area contributed by atoms with Crippen molar-refractivity contribution in [1.29, 1.82) is 0 Å². The number of nitrogens with one attached hydrogen (secondary N) is 1. The van der Waals surface area contributed by atoms with E-state index in [-0.39, 0.29) is 22.4 Å². The van der Waals surface area contributed by atoms with Crippen molar-refractivity contribution in [1.82, 2.24) is 4.31 Å². The zero-order valence-electron chi connectivity index (χ0n) is 13.0. The number of ether oxygens (including phenoxy) is 2. The number of hydrogen-bond acceptors (Lipinski definition) is 5. The number of amides is 1. The lowest BCUT2D eigenvalue weighted by molar-refractivity contribution is -0.142. The number of nitrogens with zero attached hydrogens (tertiary/aromatic N) is 1. The fraction of sp³-hybridized carbons (Fsp3) is 0.533. The molecular formula is C15H19ClN2O5S. The topological polar surface area (TPSA) is 84.9 Å². The molecule has 1 aromatic carbocycles. The third-order valence-electron chi connectivity index (χ3n) is 3.99. The zero-order valence-corrected chi connectivity index (χ0v) is 14.6. The van der Waals surface area contributed by atoms with Crippen LogP contribution in [0.3, 0.4) is 0 Å². The van der Waals surface area contributed by atoms with E-state index in [0.717, 1.165) is 12.8 Å². The number of halogens is 1. The summed E-state index contributed by atoms with van der Waals surface area (Å²) in [5.41, 5.74) is 0.358. The Morgan fingerprint density at radius 3 is 2.67 bits per heavy atom. The first-order valence-electron chi connectivity index (χ1n) is 7.78. The first-order chi connectivity index (χ1) is 11.5. The molecule has 2 aliphatic rings. The minimum Gasteiger partial charge on any atom is -0.376 e. The fourth-order valence-electron chi connectivity index (χ4n) is 2.71. The molecule has 0 aliphatic carbocycles. The highest BCUT2D eigenvalue weighted by Gasteiger charge is 2.30. The van der Waals surface area contributed by atoms with Gasteiger partial charge >= 0.3 is 0 Å². The van der Waals surface area contributed by atoms with Gasteiger partial charge < -0.3 is 14.8 Å². The molecule has 0 bridgehead atoms. The Morgan fingerprint density at radius 1 is 1.25 bits per heavy atom. The number of carbonyl (C=O) groups excluding carboxylic acids is 1. The van der Waals surface area contributed by atoms with Crippen LogP contribution in [-0.2, 0) is 24.3 Å². The molecule has 1 atom stereocenters. The quantitative estimate of drug-likeness (QED) is 0.862. The molecule has 3 rings (SSSR count). The summed E-state index contributed by atoms with van der Waals surface area (Å²) in [6, 6.07) is 4.42. The number of rotatable bonds is 4. The SMILES string of the molecule is O=C(Nc1ccc(Cl)c(S(=O)(=O)N2CCCC2)c1)C1COCCO1. The Labute approximate surface area is 145 Å². The van der Waals surface area contributed by atoms with Gasteiger partial charge in [-0.05, 0) is 31.0 Å². The first kappa shape index (κ1) is 17.6. The van der Waals surface area contributed by atoms with E-state index in [1.807, 2.05) is 0 Å². The maximum atomic E-state index is 12.7. The molecule has 132 valence electrons. The van der Waals surface area contributed by atoms with E-state index in [1.165, 1.54) is 16.4 Å². The Morgan fingerprint density at radius 2 is 2.00 bits per heavy atom. The fourth-order valence-corrected chi connectivity index (χ4v) is 4.73. The second kappa shape index (κ2) is 7.37. The van der Waals surface area contributed by atoms with Crippen molar-refractivity contribution in [3.8, 4) is 0 Å². The van der Waals surface area contributed by atoms with Crippen LogP contribution in [0.2, 0.25) is 5.02 Å². The van der Waals surface area contributed by atoms with Gasteiger partial charge in [0.15, 0.2) is 6.10 Å². The highest BCUT2D eigenvalue weighted by molar-refractivity contribution is 7.89. The molecule has 0 aromatic heterocycles. The molecule has 0 spiro atoms. The maximum absolute atomic E-state index is 12.7. The van der Waals surface area contributed by atoms with Crippen LogP contribution in [0.1, 0.15) is 12.8 Å². The van der Waals surface area contributed by atoms with E-state index in [9.17, 15) is 13.2 Å². The van der Waals surface area contributed by atoms with Gasteiger partial charge in [-0.1, -0.05) is 11.6 Å². The van der Waals surface area contributed by atoms with Crippen molar-refractivity contribution in [3.05, 3.63) is 23.2 Å². The van der Waals surface area contributed by atoms with E-state index in [1.54, 1.807) is 6.07 Å². The van der Waals surface area contributed by atoms with Crippen molar-refractivity contribution >= 4 is 33.2 Å². The van der Waals surface area contributed by atoms with E-state index in [2.05, 4.69) is 5.32 Å². The number of sulfonamides is 1. The summed E-state index contributed by atoms with van der Waals surface area (Å²) in [5.74, 6) is -0.374. The third kappa shape index (κ3) is 3.73. The van der Waals surface area contributed by atoms with Gasteiger partial charge in [0.1, 0.15) is 4.90 Å². The van der Waals surface area contributed by atoms with Crippen LogP contribution in [0.4, 0.5) is 5.69 Å². The van der Waals surface area contributed by atoms with Gasteiger partial charge in [0.2, 0.25) is 10.0 Å². The lowest BCUT2D eigenvalue weighted by Crippen LogP contribution is -2.39. The van der Waals surface area contributed by atoms with Gasteiger partial charge in [-0.25, -0.2) is 8.42 Å². The number of anilines is 1. The molecule has 2 fully saturated rings. The molecule has 1 N–H and O–H groups in total. The summed E-state index contributed by atoms with van der Waals surface area (Å²) in [5, 5.41) is 2.79. The largest absolute Gasteiger partial charge is 0.376 e. The van der Waals surface area contributed by atoms with Crippen LogP contribution >= 0.6 is 11.6 Å². The smallest absolute Gasteiger partial charge is 0.255 e. The van der Waals surface area contributed by atoms with Crippen LogP contribution in [0.25, 0.3) is 0 Å². The molecule has 24 heavy (non-hydrogen) atoms. The summed E-state index contributed by atoms with van der Waals surface area (Å²) in [6.45, 7) is 1.97. The van der Waals surface area contributed by atoms with Crippen molar-refractivity contribution in [2.75, 3.05) is 38.2 Å². The first-order valence-corrected chi connectivity index (χ1v) is 9.60. The van der Waals surface area contributed by atoms with Gasteiger partial charge in [0.05, 0.1) is 24.8 Å². The summed E-state index contributed by atoms with van der Waals surface area (Å²) in [7, 11) is -3.66. The van der Waals surface area contributed by atoms with Gasteiger partial charge in [0, 0.05) is 18.8 Å². The Bertz CT molecular complexity index is 713. The molecule has 1 unspecified atom stereocenters. The zero-order chi connectivity index (χ0) is 17.2. The molecular weight excluding hydrogens is 356 g/mol. The van der Waals surface area contributed by atoms with Gasteiger partial charge in [-0.2, -0.15) is 4.31 Å². The predicted molar refractivity (Wildman–Crippen MR) is 88.6 cm³/mol. The number of benzene rings is 1. The summed E-state index contributed by atoms with van der Waals surface area (Å²) < 4.78 is 37.3. The third-order valence-corrected chi connectivity index (χ3v) is 6.37. The van der Waals surface area contributed by atoms with Crippen LogP contribution in [0.5, 0.6) is 0 Å². The van der Waals surface area contributed by atoms with E-state index >= 15 is 0 Å². The van der Waals surface area contributed by atoms with E-state index in [0.29, 0.717) is 32.0 Å². The number of carbonyl (C=O) groups is 1. The summed E-state index contributed by atoms with van der Waals surface area (Å²) in [4.78, 5) is 12.2. The molecule has 9 heteroatoms. The lowest BCUT2D eigenvalue weighted by Gasteiger charge is -2.22. The van der Waals surface area contributed by atoms with Crippen molar-refractivity contribution in [2.24, 2.45) is 0 Å². The van der Waals surface area contributed by atoms with Crippen molar-refractivity contribution < 1.29 is 22.7 Å². The minimum atomic E-state index is -3.66. The second-order valence-corrected chi connectivity index (χ2v) is 7.99. The van der Waals surface area contributed by atoms with Crippen LogP contribution in [0, 0.1) is 0 Å². The van der Waals surface area contributed by atoms with E-state index < -0.39 is 16.1 Å². The molecule has 2 aliphatic heterocycles. The normalized spacial score (nSPS) is 22.5. The van der Waals surface area contributed by atoms with Gasteiger partial charge in [-0.3, -0.25) is 4.79 Å². The van der Waals surface area contributed by atoms with Gasteiger partial charge in [0.25, 0.3) is 5.91 Å². The van der Waals surface area contributed by atoms with Gasteiger partial charge in [-0.15, -0.1) is 0 Å². The second-order valence-electron chi connectivity index (χ2n) is 5.68. The standard InChI is InChI=1S/C15H19ClN2O5S/c16-12-4-3-11(17-15(19)13-10-22-7-8-23-13)9-14(12)24(20,21)18-5-1-2-6-18/h3-4,9,13H,1-2,5-8,10H2,(H,17,19). The molecule has 2 saturated heterocycles. The van der Waals surface area contributed by atoms with Crippen LogP contribution in [0.15, 0.2) is 23.1 Å². The average molecular weight is 375 g/mol.